The third kappa shape index (κ3) is 3.85. The van der Waals surface area contributed by atoms with Gasteiger partial charge in [-0.15, -0.1) is 0 Å². The predicted molar refractivity (Wildman–Crippen MR) is 100 cm³/mol. The van der Waals surface area contributed by atoms with E-state index in [4.69, 9.17) is 4.74 Å². The van der Waals surface area contributed by atoms with Crippen LogP contribution in [0.4, 0.5) is 0 Å². The van der Waals surface area contributed by atoms with Crippen molar-refractivity contribution in [1.82, 2.24) is 4.90 Å². The maximum atomic E-state index is 11.0. The average Bonchev–Trinajstić information content (AvgIpc) is 2.68. The van der Waals surface area contributed by atoms with Crippen LogP contribution in [0.15, 0.2) is 48.5 Å². The number of ether oxygens (including phenoxy) is 1. The van der Waals surface area contributed by atoms with Crippen molar-refractivity contribution in [2.45, 2.75) is 37.5 Å². The summed E-state index contributed by atoms with van der Waals surface area (Å²) in [6.07, 6.45) is 0.598. The van der Waals surface area contributed by atoms with Gasteiger partial charge in [0.15, 0.2) is 0 Å². The molecule has 0 aromatic heterocycles. The smallest absolute Gasteiger partial charge is 0.118 e. The minimum absolute atomic E-state index is 0.0695. The molecule has 2 atom stereocenters. The highest BCUT2D eigenvalue weighted by molar-refractivity contribution is 5.31. The van der Waals surface area contributed by atoms with Crippen molar-refractivity contribution in [3.63, 3.8) is 0 Å². The second kappa shape index (κ2) is 7.66. The van der Waals surface area contributed by atoms with Crippen LogP contribution in [0.1, 0.15) is 37.0 Å². The Hall–Kier alpha value is -2.08. The molecule has 1 heterocycles. The highest BCUT2D eigenvalue weighted by atomic mass is 16.5. The lowest BCUT2D eigenvalue weighted by molar-refractivity contribution is -0.0502. The lowest BCUT2D eigenvalue weighted by Gasteiger charge is -2.42. The number of aliphatic hydroxyl groups is 2. The van der Waals surface area contributed by atoms with E-state index >= 15 is 0 Å². The standard InChI is InChI=1S/C21H27NO4/c1-15(20(24)16-3-7-18(23)8-4-16)22-13-11-21(25,12-14-22)17-5-9-19(26-2)10-6-17/h3-10,15,20,23-25H,11-14H2,1-2H3/t15-,20+/m0/s1. The molecule has 3 rings (SSSR count). The van der Waals surface area contributed by atoms with E-state index in [2.05, 4.69) is 4.90 Å². The van der Waals surface area contributed by atoms with Gasteiger partial charge in [0.1, 0.15) is 11.5 Å². The minimum Gasteiger partial charge on any atom is -0.508 e. The number of hydrogen-bond acceptors (Lipinski definition) is 5. The molecule has 0 bridgehead atoms. The first-order chi connectivity index (χ1) is 12.4. The number of phenolic OH excluding ortho intramolecular Hbond substituents is 1. The predicted octanol–water partition coefficient (Wildman–Crippen LogP) is 2.81. The second-order valence-electron chi connectivity index (χ2n) is 7.07. The Labute approximate surface area is 154 Å². The van der Waals surface area contributed by atoms with E-state index < -0.39 is 11.7 Å². The van der Waals surface area contributed by atoms with Gasteiger partial charge in [0.05, 0.1) is 18.8 Å². The van der Waals surface area contributed by atoms with Crippen LogP contribution in [0.5, 0.6) is 11.5 Å². The van der Waals surface area contributed by atoms with E-state index in [0.717, 1.165) is 16.9 Å². The third-order valence-electron chi connectivity index (χ3n) is 5.52. The number of piperidine rings is 1. The Morgan fingerprint density at radius 1 is 1.00 bits per heavy atom. The molecule has 5 nitrogen and oxygen atoms in total. The van der Waals surface area contributed by atoms with E-state index in [9.17, 15) is 15.3 Å². The Morgan fingerprint density at radius 2 is 1.58 bits per heavy atom. The summed E-state index contributed by atoms with van der Waals surface area (Å²) in [7, 11) is 1.63. The van der Waals surface area contributed by atoms with Crippen molar-refractivity contribution in [3.05, 3.63) is 59.7 Å². The molecule has 0 unspecified atom stereocenters. The van der Waals surface area contributed by atoms with Crippen LogP contribution in [0.25, 0.3) is 0 Å². The van der Waals surface area contributed by atoms with Gasteiger partial charge in [0, 0.05) is 19.1 Å². The molecule has 0 spiro atoms. The van der Waals surface area contributed by atoms with Crippen molar-refractivity contribution in [1.29, 1.82) is 0 Å². The Morgan fingerprint density at radius 3 is 2.12 bits per heavy atom. The first kappa shape index (κ1) is 18.7. The summed E-state index contributed by atoms with van der Waals surface area (Å²) >= 11 is 0. The molecule has 1 aliphatic heterocycles. The summed E-state index contributed by atoms with van der Waals surface area (Å²) in [5, 5.41) is 31.1. The largest absolute Gasteiger partial charge is 0.508 e. The zero-order chi connectivity index (χ0) is 18.7. The summed E-state index contributed by atoms with van der Waals surface area (Å²) in [6, 6.07) is 14.2. The molecule has 0 aliphatic carbocycles. The van der Waals surface area contributed by atoms with Crippen molar-refractivity contribution in [2.24, 2.45) is 0 Å². The van der Waals surface area contributed by atoms with E-state index in [1.54, 1.807) is 31.4 Å². The number of phenols is 1. The lowest BCUT2D eigenvalue weighted by atomic mass is 9.83. The van der Waals surface area contributed by atoms with Crippen molar-refractivity contribution in [2.75, 3.05) is 20.2 Å². The highest BCUT2D eigenvalue weighted by Gasteiger charge is 2.36. The first-order valence-corrected chi connectivity index (χ1v) is 9.01. The van der Waals surface area contributed by atoms with Gasteiger partial charge in [-0.2, -0.15) is 0 Å². The van der Waals surface area contributed by atoms with E-state index in [0.29, 0.717) is 25.9 Å². The molecule has 3 N–H and O–H groups in total. The monoisotopic (exact) mass is 357 g/mol. The van der Waals surface area contributed by atoms with E-state index in [-0.39, 0.29) is 11.8 Å². The maximum absolute atomic E-state index is 11.0. The number of aromatic hydroxyl groups is 1. The van der Waals surface area contributed by atoms with Gasteiger partial charge in [-0.05, 0) is 55.2 Å². The lowest BCUT2D eigenvalue weighted by Crippen LogP contribution is -2.47. The van der Waals surface area contributed by atoms with Gasteiger partial charge in [-0.25, -0.2) is 0 Å². The van der Waals surface area contributed by atoms with E-state index in [1.165, 1.54) is 0 Å². The van der Waals surface area contributed by atoms with Gasteiger partial charge < -0.3 is 20.1 Å². The Bertz CT molecular complexity index is 706. The van der Waals surface area contributed by atoms with Crippen LogP contribution in [-0.4, -0.2) is 46.5 Å². The first-order valence-electron chi connectivity index (χ1n) is 9.01. The number of rotatable bonds is 5. The summed E-state index contributed by atoms with van der Waals surface area (Å²) in [5.41, 5.74) is 0.849. The second-order valence-corrected chi connectivity index (χ2v) is 7.07. The topological polar surface area (TPSA) is 73.2 Å². The summed E-state index contributed by atoms with van der Waals surface area (Å²) < 4.78 is 5.18. The molecule has 0 saturated carbocycles. The number of aliphatic hydroxyl groups excluding tert-OH is 1. The summed E-state index contributed by atoms with van der Waals surface area (Å²) in [4.78, 5) is 2.20. The molecule has 26 heavy (non-hydrogen) atoms. The number of methoxy groups -OCH3 is 1. The molecule has 2 aromatic carbocycles. The Balaban J connectivity index is 1.64. The van der Waals surface area contributed by atoms with Crippen molar-refractivity contribution >= 4 is 0 Å². The van der Waals surface area contributed by atoms with Crippen LogP contribution in [0, 0.1) is 0 Å². The van der Waals surface area contributed by atoms with Gasteiger partial charge >= 0.3 is 0 Å². The molecule has 1 aliphatic rings. The molecule has 5 heteroatoms. The molecule has 0 radical (unpaired) electrons. The molecule has 1 saturated heterocycles. The quantitative estimate of drug-likeness (QED) is 0.767. The summed E-state index contributed by atoms with van der Waals surface area (Å²) in [5.74, 6) is 0.969. The number of nitrogens with zero attached hydrogens (tertiary/aromatic N) is 1. The molecular weight excluding hydrogens is 330 g/mol. The van der Waals surface area contributed by atoms with Gasteiger partial charge in [0.25, 0.3) is 0 Å². The molecule has 1 fully saturated rings. The van der Waals surface area contributed by atoms with Crippen LogP contribution in [0.2, 0.25) is 0 Å². The number of benzene rings is 2. The molecule has 0 amide bonds. The van der Waals surface area contributed by atoms with Crippen LogP contribution in [0.3, 0.4) is 0 Å². The van der Waals surface area contributed by atoms with E-state index in [1.807, 2.05) is 31.2 Å². The minimum atomic E-state index is -0.841. The maximum Gasteiger partial charge on any atom is 0.118 e. The van der Waals surface area contributed by atoms with Crippen LogP contribution >= 0.6 is 0 Å². The molecule has 2 aromatic rings. The molecular formula is C21H27NO4. The zero-order valence-electron chi connectivity index (χ0n) is 15.3. The highest BCUT2D eigenvalue weighted by Crippen LogP contribution is 2.35. The zero-order valence-corrected chi connectivity index (χ0v) is 15.3. The number of hydrogen-bond donors (Lipinski definition) is 3. The van der Waals surface area contributed by atoms with Crippen molar-refractivity contribution in [3.8, 4) is 11.5 Å². The fraction of sp³-hybridized carbons (Fsp3) is 0.429. The molecule has 140 valence electrons. The fourth-order valence-electron chi connectivity index (χ4n) is 3.64. The third-order valence-corrected chi connectivity index (χ3v) is 5.52. The normalized spacial score (nSPS) is 19.7. The fourth-order valence-corrected chi connectivity index (χ4v) is 3.64. The van der Waals surface area contributed by atoms with Gasteiger partial charge in [-0.1, -0.05) is 24.3 Å². The van der Waals surface area contributed by atoms with Crippen LogP contribution in [-0.2, 0) is 5.60 Å². The van der Waals surface area contributed by atoms with Gasteiger partial charge in [-0.3, -0.25) is 4.90 Å². The Kier molecular flexibility index (Phi) is 5.51. The van der Waals surface area contributed by atoms with Gasteiger partial charge in [0.2, 0.25) is 0 Å². The van der Waals surface area contributed by atoms with Crippen molar-refractivity contribution < 1.29 is 20.1 Å². The number of likely N-dealkylation sites (tertiary alicyclic amines) is 1. The average molecular weight is 357 g/mol. The summed E-state index contributed by atoms with van der Waals surface area (Å²) in [6.45, 7) is 3.41. The van der Waals surface area contributed by atoms with Crippen LogP contribution < -0.4 is 4.74 Å². The SMILES string of the molecule is COc1ccc(C2(O)CCN([C@@H](C)[C@@H](O)c3ccc(O)cc3)CC2)cc1.